The lowest BCUT2D eigenvalue weighted by Gasteiger charge is -2.18. The molecule has 0 unspecified atom stereocenters. The lowest BCUT2D eigenvalue weighted by atomic mass is 9.94. The molecule has 2 aromatic rings. The number of amides is 1. The van der Waals surface area contributed by atoms with Crippen molar-refractivity contribution in [2.75, 3.05) is 26.6 Å². The minimum Gasteiger partial charge on any atom is -0.496 e. The number of nitrogens with one attached hydrogen (secondary N) is 1. The second kappa shape index (κ2) is 10.6. The molecular weight excluding hydrogens is 434 g/mol. The summed E-state index contributed by atoms with van der Waals surface area (Å²) in [6, 6.07) is 0. The second-order valence-corrected chi connectivity index (χ2v) is 8.40. The summed E-state index contributed by atoms with van der Waals surface area (Å²) in [5.74, 6) is 0.648. The Morgan fingerprint density at radius 2 is 1.94 bits per heavy atom. The van der Waals surface area contributed by atoms with Gasteiger partial charge in [-0.1, -0.05) is 23.0 Å². The van der Waals surface area contributed by atoms with Crippen molar-refractivity contribution in [3.8, 4) is 11.5 Å². The molecule has 0 radical (unpaired) electrons. The fourth-order valence-corrected chi connectivity index (χ4v) is 4.32. The number of methoxy groups -OCH3 is 3. The number of rotatable bonds is 10. The Labute approximate surface area is 190 Å². The molecule has 32 heavy (non-hydrogen) atoms. The van der Waals surface area contributed by atoms with Gasteiger partial charge in [0.25, 0.3) is 0 Å². The highest BCUT2D eigenvalue weighted by Gasteiger charge is 2.32. The molecule has 3 rings (SSSR count). The van der Waals surface area contributed by atoms with E-state index < -0.39 is 0 Å². The molecule has 2 heterocycles. The van der Waals surface area contributed by atoms with Gasteiger partial charge in [-0.2, -0.15) is 0 Å². The maximum Gasteiger partial charge on any atom is 0.342 e. The van der Waals surface area contributed by atoms with Gasteiger partial charge in [-0.25, -0.2) is 4.79 Å². The van der Waals surface area contributed by atoms with E-state index in [9.17, 15) is 9.59 Å². The minimum absolute atomic E-state index is 0.135. The number of aromatic nitrogens is 2. The second-order valence-electron chi connectivity index (χ2n) is 7.34. The van der Waals surface area contributed by atoms with Crippen molar-refractivity contribution >= 4 is 28.3 Å². The first kappa shape index (κ1) is 23.7. The molecule has 10 heteroatoms. The zero-order chi connectivity index (χ0) is 23.3. The number of esters is 1. The fourth-order valence-electron chi connectivity index (χ4n) is 3.59. The normalized spacial score (nSPS) is 13.0. The van der Waals surface area contributed by atoms with Crippen LogP contribution >= 0.6 is 11.3 Å². The van der Waals surface area contributed by atoms with Crippen LogP contribution < -0.4 is 14.8 Å². The van der Waals surface area contributed by atoms with Crippen LogP contribution in [0.15, 0.2) is 11.6 Å². The van der Waals surface area contributed by atoms with Crippen LogP contribution in [0.1, 0.15) is 51.8 Å². The van der Waals surface area contributed by atoms with Crippen molar-refractivity contribution in [2.24, 2.45) is 0 Å². The van der Waals surface area contributed by atoms with Crippen LogP contribution in [-0.2, 0) is 33.9 Å². The molecular formula is C22H27N3O6S. The zero-order valence-electron chi connectivity index (χ0n) is 18.9. The summed E-state index contributed by atoms with van der Waals surface area (Å²) in [5, 5.41) is 11.8. The smallest absolute Gasteiger partial charge is 0.342 e. The van der Waals surface area contributed by atoms with Gasteiger partial charge in [-0.3, -0.25) is 4.79 Å². The SMILES string of the molecule is COCc1nnc(NC(=O)CCC(C)=CCc2c(OC)c(C)c3c(c2OC)C(=O)OC3)s1. The average molecular weight is 462 g/mol. The number of carbonyl (C=O) groups excluding carboxylic acids is 2. The first-order valence-corrected chi connectivity index (χ1v) is 10.9. The molecule has 172 valence electrons. The minimum atomic E-state index is -0.383. The molecule has 0 spiro atoms. The van der Waals surface area contributed by atoms with Gasteiger partial charge in [0.15, 0.2) is 0 Å². The summed E-state index contributed by atoms with van der Waals surface area (Å²) in [6.45, 7) is 4.46. The summed E-state index contributed by atoms with van der Waals surface area (Å²) in [6.07, 6.45) is 3.40. The molecule has 1 aromatic carbocycles. The van der Waals surface area contributed by atoms with Crippen molar-refractivity contribution in [1.29, 1.82) is 0 Å². The Morgan fingerprint density at radius 3 is 2.62 bits per heavy atom. The summed E-state index contributed by atoms with van der Waals surface area (Å²) < 4.78 is 21.4. The molecule has 0 saturated heterocycles. The zero-order valence-corrected chi connectivity index (χ0v) is 19.7. The molecule has 0 fully saturated rings. The van der Waals surface area contributed by atoms with Gasteiger partial charge < -0.3 is 24.3 Å². The Balaban J connectivity index is 1.68. The number of nitrogens with zero attached hydrogens (tertiary/aromatic N) is 2. The van der Waals surface area contributed by atoms with Gasteiger partial charge in [0.2, 0.25) is 11.0 Å². The average Bonchev–Trinajstić information content (AvgIpc) is 3.38. The van der Waals surface area contributed by atoms with E-state index in [2.05, 4.69) is 15.5 Å². The van der Waals surface area contributed by atoms with E-state index in [1.807, 2.05) is 19.9 Å². The van der Waals surface area contributed by atoms with Gasteiger partial charge in [0, 0.05) is 24.7 Å². The molecule has 9 nitrogen and oxygen atoms in total. The van der Waals surface area contributed by atoms with Crippen LogP contribution in [0.2, 0.25) is 0 Å². The molecule has 1 aliphatic rings. The van der Waals surface area contributed by atoms with E-state index in [4.69, 9.17) is 18.9 Å². The van der Waals surface area contributed by atoms with E-state index in [0.29, 0.717) is 53.1 Å². The van der Waals surface area contributed by atoms with Gasteiger partial charge >= 0.3 is 5.97 Å². The molecule has 0 aliphatic carbocycles. The number of hydrogen-bond acceptors (Lipinski definition) is 9. The number of anilines is 1. The Hall–Kier alpha value is -2.98. The molecule has 0 saturated carbocycles. The highest BCUT2D eigenvalue weighted by atomic mass is 32.1. The number of cyclic esters (lactones) is 1. The Bertz CT molecular complexity index is 1050. The molecule has 1 aromatic heterocycles. The summed E-state index contributed by atoms with van der Waals surface area (Å²) in [5.41, 5.74) is 3.96. The molecule has 1 amide bonds. The standard InChI is InChI=1S/C22H27N3O6S/c1-12(7-9-16(26)23-22-25-24-17(32-22)11-28-3)6-8-14-19(29-4)13(2)15-10-31-21(27)18(15)20(14)30-5/h6H,7-11H2,1-5H3,(H,23,25,26). The van der Waals surface area contributed by atoms with E-state index in [-0.39, 0.29) is 18.5 Å². The number of hydrogen-bond donors (Lipinski definition) is 1. The van der Waals surface area contributed by atoms with Gasteiger partial charge in [-0.15, -0.1) is 10.2 Å². The fraction of sp³-hybridized carbons (Fsp3) is 0.455. The third-order valence-electron chi connectivity index (χ3n) is 5.21. The molecule has 0 atom stereocenters. The molecule has 0 bridgehead atoms. The van der Waals surface area contributed by atoms with Crippen LogP contribution in [0.3, 0.4) is 0 Å². The third-order valence-corrected chi connectivity index (χ3v) is 6.02. The van der Waals surface area contributed by atoms with Crippen LogP contribution in [0.5, 0.6) is 11.5 Å². The predicted molar refractivity (Wildman–Crippen MR) is 119 cm³/mol. The third kappa shape index (κ3) is 5.08. The Morgan fingerprint density at radius 1 is 1.19 bits per heavy atom. The lowest BCUT2D eigenvalue weighted by Crippen LogP contribution is -2.11. The van der Waals surface area contributed by atoms with Crippen molar-refractivity contribution in [2.45, 2.75) is 46.3 Å². The topological polar surface area (TPSA) is 109 Å². The monoisotopic (exact) mass is 461 g/mol. The number of ether oxygens (including phenoxy) is 4. The van der Waals surface area contributed by atoms with E-state index in [1.165, 1.54) is 18.4 Å². The van der Waals surface area contributed by atoms with Crippen molar-refractivity contribution in [1.82, 2.24) is 10.2 Å². The summed E-state index contributed by atoms with van der Waals surface area (Å²) in [7, 11) is 4.71. The highest BCUT2D eigenvalue weighted by molar-refractivity contribution is 7.15. The van der Waals surface area contributed by atoms with Gasteiger partial charge in [-0.05, 0) is 32.3 Å². The van der Waals surface area contributed by atoms with E-state index in [0.717, 1.165) is 22.3 Å². The quantitative estimate of drug-likeness (QED) is 0.422. The maximum absolute atomic E-state index is 12.2. The van der Waals surface area contributed by atoms with Crippen LogP contribution in [0.25, 0.3) is 0 Å². The number of fused-ring (bicyclic) bond motifs is 1. The number of benzene rings is 1. The van der Waals surface area contributed by atoms with E-state index in [1.54, 1.807) is 14.2 Å². The molecule has 1 aliphatic heterocycles. The van der Waals surface area contributed by atoms with E-state index >= 15 is 0 Å². The van der Waals surface area contributed by atoms with Gasteiger partial charge in [0.1, 0.15) is 35.3 Å². The van der Waals surface area contributed by atoms with Crippen molar-refractivity contribution in [3.05, 3.63) is 38.9 Å². The highest BCUT2D eigenvalue weighted by Crippen LogP contribution is 2.42. The van der Waals surface area contributed by atoms with Gasteiger partial charge in [0.05, 0.1) is 14.2 Å². The number of carbonyl (C=O) groups is 2. The van der Waals surface area contributed by atoms with Crippen LogP contribution in [0.4, 0.5) is 5.13 Å². The van der Waals surface area contributed by atoms with Crippen LogP contribution in [0, 0.1) is 6.92 Å². The Kier molecular flexibility index (Phi) is 7.81. The molecule has 1 N–H and O–H groups in total. The first-order valence-electron chi connectivity index (χ1n) is 10.1. The lowest BCUT2D eigenvalue weighted by molar-refractivity contribution is -0.116. The van der Waals surface area contributed by atoms with Crippen LogP contribution in [-0.4, -0.2) is 43.4 Å². The van der Waals surface area contributed by atoms with Crippen molar-refractivity contribution < 1.29 is 28.5 Å². The largest absolute Gasteiger partial charge is 0.496 e. The first-order chi connectivity index (χ1) is 15.4. The predicted octanol–water partition coefficient (Wildman–Crippen LogP) is 3.59. The maximum atomic E-state index is 12.2. The summed E-state index contributed by atoms with van der Waals surface area (Å²) >= 11 is 1.29. The van der Waals surface area contributed by atoms with Crippen molar-refractivity contribution in [3.63, 3.8) is 0 Å². The summed E-state index contributed by atoms with van der Waals surface area (Å²) in [4.78, 5) is 24.5. The number of allylic oxidation sites excluding steroid dienone is 2.